The highest BCUT2D eigenvalue weighted by Gasteiger charge is 2.58. The first kappa shape index (κ1) is 20.3. The lowest BCUT2D eigenvalue weighted by Crippen LogP contribution is -2.37. The molecule has 1 fully saturated rings. The Bertz CT molecular complexity index is 453. The first-order valence-electron chi connectivity index (χ1n) is 8.37. The summed E-state index contributed by atoms with van der Waals surface area (Å²) >= 11 is 0. The van der Waals surface area contributed by atoms with Gasteiger partial charge in [0.1, 0.15) is 5.78 Å². The van der Waals surface area contributed by atoms with E-state index < -0.39 is 17.8 Å². The van der Waals surface area contributed by atoms with Crippen molar-refractivity contribution in [3.8, 4) is 0 Å². The molecule has 1 aliphatic rings. The van der Waals surface area contributed by atoms with Crippen LogP contribution in [0.5, 0.6) is 0 Å². The maximum atomic E-state index is 12.9. The molecule has 1 atom stereocenters. The van der Waals surface area contributed by atoms with Crippen LogP contribution in [0.25, 0.3) is 0 Å². The van der Waals surface area contributed by atoms with Gasteiger partial charge in [-0.15, -0.1) is 0 Å². The fraction of sp³-hybridized carbons (Fsp3) is 0.933. The van der Waals surface area contributed by atoms with Gasteiger partial charge in [0, 0.05) is 30.6 Å². The van der Waals surface area contributed by atoms with Gasteiger partial charge < -0.3 is 9.05 Å². The summed E-state index contributed by atoms with van der Waals surface area (Å²) < 4.78 is 23.2. The summed E-state index contributed by atoms with van der Waals surface area (Å²) in [6, 6.07) is 0. The minimum absolute atomic E-state index is 0.0154. The molecule has 0 aromatic heterocycles. The Morgan fingerprint density at radius 1 is 1.22 bits per heavy atom. The van der Waals surface area contributed by atoms with E-state index in [2.05, 4.69) is 0 Å². The maximum absolute atomic E-state index is 12.9. The Morgan fingerprint density at radius 3 is 2.17 bits per heavy atom. The van der Waals surface area contributed by atoms with Gasteiger partial charge in [-0.2, -0.15) is 0 Å². The van der Waals surface area contributed by atoms with Gasteiger partial charge in [0.15, 0.2) is 0 Å². The zero-order valence-electron chi connectivity index (χ0n) is 14.3. The summed E-state index contributed by atoms with van der Waals surface area (Å²) in [5.41, 5.74) is 0. The van der Waals surface area contributed by atoms with Gasteiger partial charge in [0.25, 0.3) is 0 Å². The maximum Gasteiger partial charge on any atom is 0.406 e. The highest BCUT2D eigenvalue weighted by Crippen LogP contribution is 2.61. The molecule has 0 spiro atoms. The zero-order chi connectivity index (χ0) is 17.5. The molecule has 0 heterocycles. The van der Waals surface area contributed by atoms with E-state index in [0.717, 1.165) is 32.1 Å². The molecular weight excluding hydrogens is 321 g/mol. The molecule has 0 radical (unpaired) electrons. The van der Waals surface area contributed by atoms with Gasteiger partial charge in [0.2, 0.25) is 0 Å². The fourth-order valence-corrected chi connectivity index (χ4v) is 4.87. The molecule has 0 amide bonds. The van der Waals surface area contributed by atoms with Crippen molar-refractivity contribution in [3.05, 3.63) is 10.1 Å². The van der Waals surface area contributed by atoms with E-state index in [1.165, 1.54) is 6.92 Å². The molecule has 0 aromatic rings. The standard InChI is InChI=1S/C15H28NO6P/c1-4-21-23(20,22-5-2)15(3,16(18)19)12-11-14(17)13-9-7-6-8-10-13/h13H,4-12H2,1-3H3. The van der Waals surface area contributed by atoms with Crippen molar-refractivity contribution >= 4 is 13.4 Å². The monoisotopic (exact) mass is 349 g/mol. The van der Waals surface area contributed by atoms with Crippen molar-refractivity contribution in [2.24, 2.45) is 5.92 Å². The second-order valence-electron chi connectivity index (χ2n) is 6.11. The Kier molecular flexibility index (Phi) is 7.84. The number of nitrogens with zero attached hydrogens (tertiary/aromatic N) is 1. The second-order valence-corrected chi connectivity index (χ2v) is 8.58. The molecule has 1 aliphatic carbocycles. The van der Waals surface area contributed by atoms with Gasteiger partial charge in [-0.05, 0) is 26.7 Å². The lowest BCUT2D eigenvalue weighted by molar-refractivity contribution is -0.541. The van der Waals surface area contributed by atoms with E-state index in [0.29, 0.717) is 0 Å². The molecule has 23 heavy (non-hydrogen) atoms. The van der Waals surface area contributed by atoms with E-state index >= 15 is 0 Å². The third-order valence-electron chi connectivity index (χ3n) is 4.49. The number of rotatable bonds is 10. The molecule has 7 nitrogen and oxygen atoms in total. The van der Waals surface area contributed by atoms with Crippen LogP contribution in [0, 0.1) is 16.0 Å². The molecular formula is C15H28NO6P. The van der Waals surface area contributed by atoms with E-state index in [4.69, 9.17) is 9.05 Å². The average molecular weight is 349 g/mol. The highest BCUT2D eigenvalue weighted by atomic mass is 31.2. The molecule has 0 N–H and O–H groups in total. The van der Waals surface area contributed by atoms with E-state index in [-0.39, 0.29) is 37.8 Å². The minimum atomic E-state index is -3.95. The van der Waals surface area contributed by atoms with Crippen molar-refractivity contribution in [2.75, 3.05) is 13.2 Å². The van der Waals surface area contributed by atoms with Crippen LogP contribution in [0.4, 0.5) is 0 Å². The van der Waals surface area contributed by atoms with Crippen LogP contribution >= 0.6 is 7.60 Å². The van der Waals surface area contributed by atoms with Crippen LogP contribution in [0.1, 0.15) is 65.7 Å². The number of hydrogen-bond donors (Lipinski definition) is 0. The second kappa shape index (κ2) is 8.90. The molecule has 1 saturated carbocycles. The molecule has 1 rings (SSSR count). The van der Waals surface area contributed by atoms with Gasteiger partial charge in [0.05, 0.1) is 13.2 Å². The van der Waals surface area contributed by atoms with Gasteiger partial charge >= 0.3 is 12.9 Å². The van der Waals surface area contributed by atoms with Crippen LogP contribution in [-0.4, -0.2) is 29.2 Å². The smallest absolute Gasteiger partial charge is 0.304 e. The summed E-state index contributed by atoms with van der Waals surface area (Å²) in [5, 5.41) is 9.67. The predicted octanol–water partition coefficient (Wildman–Crippen LogP) is 4.18. The number of carbonyl (C=O) groups is 1. The number of carbonyl (C=O) groups excluding carboxylic acids is 1. The van der Waals surface area contributed by atoms with Crippen LogP contribution in [-0.2, 0) is 18.4 Å². The molecule has 134 valence electrons. The Balaban J connectivity index is 2.85. The summed E-state index contributed by atoms with van der Waals surface area (Å²) in [7, 11) is -3.95. The van der Waals surface area contributed by atoms with Crippen LogP contribution < -0.4 is 0 Å². The average Bonchev–Trinajstić information content (AvgIpc) is 2.53. The molecule has 1 unspecified atom stereocenters. The molecule has 0 bridgehead atoms. The summed E-state index contributed by atoms with van der Waals surface area (Å²) in [4.78, 5) is 23.3. The lowest BCUT2D eigenvalue weighted by atomic mass is 9.84. The Labute approximate surface area is 137 Å². The third kappa shape index (κ3) is 4.85. The minimum Gasteiger partial charge on any atom is -0.304 e. The summed E-state index contributed by atoms with van der Waals surface area (Å²) in [5.74, 6) is 0.00986. The molecule has 0 saturated heterocycles. The SMILES string of the molecule is CCOP(=O)(OCC)C(C)(CCC(=O)C1CCCCC1)[N+](=O)[O-]. The van der Waals surface area contributed by atoms with Crippen LogP contribution in [0.3, 0.4) is 0 Å². The Morgan fingerprint density at radius 2 is 1.74 bits per heavy atom. The van der Waals surface area contributed by atoms with Crippen LogP contribution in [0.2, 0.25) is 0 Å². The normalized spacial score (nSPS) is 19.3. The van der Waals surface area contributed by atoms with Crippen LogP contribution in [0.15, 0.2) is 0 Å². The molecule has 8 heteroatoms. The van der Waals surface area contributed by atoms with E-state index in [1.807, 2.05) is 0 Å². The predicted molar refractivity (Wildman–Crippen MR) is 87.1 cm³/mol. The van der Waals surface area contributed by atoms with E-state index in [1.54, 1.807) is 13.8 Å². The number of nitro groups is 1. The quantitative estimate of drug-likeness (QED) is 0.333. The van der Waals surface area contributed by atoms with Gasteiger partial charge in [-0.25, -0.2) is 0 Å². The number of hydrogen-bond acceptors (Lipinski definition) is 6. The molecule has 0 aliphatic heterocycles. The summed E-state index contributed by atoms with van der Waals surface area (Å²) in [6.45, 7) is 4.58. The topological polar surface area (TPSA) is 95.7 Å². The zero-order valence-corrected chi connectivity index (χ0v) is 15.2. The summed E-state index contributed by atoms with van der Waals surface area (Å²) in [6.07, 6.45) is 4.79. The van der Waals surface area contributed by atoms with Gasteiger partial charge in [-0.3, -0.25) is 19.5 Å². The van der Waals surface area contributed by atoms with E-state index in [9.17, 15) is 19.5 Å². The third-order valence-corrected chi connectivity index (χ3v) is 7.25. The lowest BCUT2D eigenvalue weighted by Gasteiger charge is -2.29. The van der Waals surface area contributed by atoms with Crippen molar-refractivity contribution in [1.82, 2.24) is 0 Å². The Hall–Kier alpha value is -0.780. The largest absolute Gasteiger partial charge is 0.406 e. The van der Waals surface area contributed by atoms with Crippen molar-refractivity contribution in [1.29, 1.82) is 0 Å². The highest BCUT2D eigenvalue weighted by molar-refractivity contribution is 7.55. The number of Topliss-reactive ketones (excluding diaryl/α,β-unsaturated/α-hetero) is 1. The van der Waals surface area contributed by atoms with Crippen molar-refractivity contribution in [2.45, 2.75) is 71.0 Å². The van der Waals surface area contributed by atoms with Crippen molar-refractivity contribution < 1.29 is 23.3 Å². The fourth-order valence-electron chi connectivity index (χ4n) is 2.97. The first-order chi connectivity index (χ1) is 10.8. The first-order valence-corrected chi connectivity index (χ1v) is 9.91. The van der Waals surface area contributed by atoms with Gasteiger partial charge in [-0.1, -0.05) is 19.3 Å². The molecule has 0 aromatic carbocycles. The van der Waals surface area contributed by atoms with Crippen molar-refractivity contribution in [3.63, 3.8) is 0 Å². The number of ketones is 1.